The molecule has 2 fully saturated rings. The summed E-state index contributed by atoms with van der Waals surface area (Å²) < 4.78 is 57.5. The van der Waals surface area contributed by atoms with Crippen LogP contribution < -0.4 is 0 Å². The van der Waals surface area contributed by atoms with Crippen molar-refractivity contribution in [2.75, 3.05) is 13.7 Å². The molecule has 2 heterocycles. The molecular weight excluding hydrogens is 412 g/mol. The molecule has 5 atom stereocenters. The van der Waals surface area contributed by atoms with E-state index in [1.165, 1.54) is 7.11 Å². The summed E-state index contributed by atoms with van der Waals surface area (Å²) in [6.45, 7) is 0.352. The highest BCUT2D eigenvalue weighted by Crippen LogP contribution is 2.33. The number of hydrogen-bond acceptors (Lipinski definition) is 8. The van der Waals surface area contributed by atoms with Crippen LogP contribution in [0.15, 0.2) is 60.7 Å². The van der Waals surface area contributed by atoms with Gasteiger partial charge in [0.1, 0.15) is 24.4 Å². The minimum atomic E-state index is -4.14. The summed E-state index contributed by atoms with van der Waals surface area (Å²) in [5.74, 6) is 0. The van der Waals surface area contributed by atoms with Gasteiger partial charge in [0.2, 0.25) is 0 Å². The molecule has 0 saturated carbocycles. The Labute approximate surface area is 175 Å². The van der Waals surface area contributed by atoms with E-state index in [0.29, 0.717) is 0 Å². The normalized spacial score (nSPS) is 30.5. The van der Waals surface area contributed by atoms with Gasteiger partial charge in [-0.25, -0.2) is 8.37 Å². The Morgan fingerprint density at radius 1 is 0.900 bits per heavy atom. The fourth-order valence-corrected chi connectivity index (χ4v) is 4.39. The first-order valence-electron chi connectivity index (χ1n) is 9.63. The molecule has 0 amide bonds. The van der Waals surface area contributed by atoms with Crippen molar-refractivity contribution in [3.63, 3.8) is 0 Å². The molecular formula is C21H24O8S. The molecule has 0 spiro atoms. The third-order valence-electron chi connectivity index (χ3n) is 5.00. The Morgan fingerprint density at radius 2 is 1.47 bits per heavy atom. The fraction of sp³-hybridized carbons (Fsp3) is 0.429. The van der Waals surface area contributed by atoms with Crippen LogP contribution in [0.25, 0.3) is 0 Å². The lowest BCUT2D eigenvalue weighted by Gasteiger charge is -2.46. The third-order valence-corrected chi connectivity index (χ3v) is 5.88. The van der Waals surface area contributed by atoms with E-state index in [-0.39, 0.29) is 19.8 Å². The zero-order valence-corrected chi connectivity index (χ0v) is 17.3. The molecule has 2 aliphatic rings. The van der Waals surface area contributed by atoms with Crippen molar-refractivity contribution in [1.29, 1.82) is 0 Å². The van der Waals surface area contributed by atoms with E-state index >= 15 is 0 Å². The molecule has 4 rings (SSSR count). The van der Waals surface area contributed by atoms with Gasteiger partial charge in [0.05, 0.1) is 19.8 Å². The fourth-order valence-electron chi connectivity index (χ4n) is 3.53. The lowest BCUT2D eigenvalue weighted by atomic mass is 9.98. The van der Waals surface area contributed by atoms with E-state index in [0.717, 1.165) is 11.1 Å². The van der Waals surface area contributed by atoms with Crippen LogP contribution in [0.1, 0.15) is 11.1 Å². The molecule has 0 radical (unpaired) electrons. The molecule has 0 N–H and O–H groups in total. The van der Waals surface area contributed by atoms with Crippen LogP contribution in [-0.2, 0) is 50.9 Å². The highest BCUT2D eigenvalue weighted by Gasteiger charge is 2.53. The smallest absolute Gasteiger partial charge is 0.368 e. The van der Waals surface area contributed by atoms with E-state index in [4.69, 9.17) is 27.3 Å². The quantitative estimate of drug-likeness (QED) is 0.653. The summed E-state index contributed by atoms with van der Waals surface area (Å²) in [4.78, 5) is 0. The number of ether oxygens (including phenoxy) is 4. The van der Waals surface area contributed by atoms with Crippen LogP contribution in [0.4, 0.5) is 0 Å². The maximum absolute atomic E-state index is 11.9. The maximum atomic E-state index is 11.9. The first-order chi connectivity index (χ1) is 14.6. The summed E-state index contributed by atoms with van der Waals surface area (Å²) in [5, 5.41) is 0. The highest BCUT2D eigenvalue weighted by atomic mass is 32.3. The van der Waals surface area contributed by atoms with Gasteiger partial charge in [-0.3, -0.25) is 0 Å². The number of fused-ring (bicyclic) bond motifs is 1. The average Bonchev–Trinajstić information content (AvgIpc) is 2.77. The van der Waals surface area contributed by atoms with E-state index in [1.54, 1.807) is 0 Å². The first-order valence-corrected chi connectivity index (χ1v) is 11.0. The van der Waals surface area contributed by atoms with Gasteiger partial charge in [-0.2, -0.15) is 8.42 Å². The summed E-state index contributed by atoms with van der Waals surface area (Å²) >= 11 is 0. The van der Waals surface area contributed by atoms with Gasteiger partial charge in [0.15, 0.2) is 6.29 Å². The van der Waals surface area contributed by atoms with Crippen LogP contribution in [0, 0.1) is 0 Å². The SMILES string of the molecule is CO[C@H]1O[C@@H]2COS(=O)(=O)O[C@H]2[C@H](OCc2ccccc2)[C@H]1OCc1ccccc1. The summed E-state index contributed by atoms with van der Waals surface area (Å²) in [6.07, 6.45) is -3.83. The summed E-state index contributed by atoms with van der Waals surface area (Å²) in [5.41, 5.74) is 1.89. The van der Waals surface area contributed by atoms with E-state index in [2.05, 4.69) is 0 Å². The second-order valence-electron chi connectivity index (χ2n) is 7.05. The molecule has 0 bridgehead atoms. The average molecular weight is 436 g/mol. The van der Waals surface area contributed by atoms with E-state index in [9.17, 15) is 8.42 Å². The number of hydrogen-bond donors (Lipinski definition) is 0. The molecule has 0 aliphatic carbocycles. The van der Waals surface area contributed by atoms with Gasteiger partial charge in [-0.05, 0) is 11.1 Å². The van der Waals surface area contributed by atoms with Crippen LogP contribution in [0.2, 0.25) is 0 Å². The number of methoxy groups -OCH3 is 1. The zero-order valence-electron chi connectivity index (χ0n) is 16.5. The molecule has 0 unspecified atom stereocenters. The Kier molecular flexibility index (Phi) is 6.79. The van der Waals surface area contributed by atoms with Gasteiger partial charge in [0.25, 0.3) is 0 Å². The van der Waals surface area contributed by atoms with Crippen LogP contribution in [-0.4, -0.2) is 52.8 Å². The van der Waals surface area contributed by atoms with Crippen LogP contribution in [0.5, 0.6) is 0 Å². The molecule has 8 nitrogen and oxygen atoms in total. The highest BCUT2D eigenvalue weighted by molar-refractivity contribution is 7.81. The third kappa shape index (κ3) is 5.06. The number of benzene rings is 2. The van der Waals surface area contributed by atoms with Crippen molar-refractivity contribution in [2.45, 2.75) is 43.9 Å². The predicted octanol–water partition coefficient (Wildman–Crippen LogP) is 2.19. The molecule has 162 valence electrons. The van der Waals surface area contributed by atoms with E-state index < -0.39 is 41.1 Å². The molecule has 30 heavy (non-hydrogen) atoms. The van der Waals surface area contributed by atoms with Crippen molar-refractivity contribution in [3.05, 3.63) is 71.8 Å². The van der Waals surface area contributed by atoms with Gasteiger partial charge in [-0.15, -0.1) is 0 Å². The molecule has 2 aromatic carbocycles. The second kappa shape index (κ2) is 9.52. The van der Waals surface area contributed by atoms with Crippen LogP contribution >= 0.6 is 0 Å². The van der Waals surface area contributed by atoms with Gasteiger partial charge in [0, 0.05) is 7.11 Å². The van der Waals surface area contributed by atoms with Crippen molar-refractivity contribution >= 4 is 10.4 Å². The minimum Gasteiger partial charge on any atom is -0.368 e. The Balaban J connectivity index is 1.57. The minimum absolute atomic E-state index is 0.177. The molecule has 9 heteroatoms. The topological polar surface area (TPSA) is 89.5 Å². The molecule has 0 aromatic heterocycles. The Morgan fingerprint density at radius 3 is 2.03 bits per heavy atom. The Hall–Kier alpha value is -1.85. The van der Waals surface area contributed by atoms with Crippen molar-refractivity contribution in [1.82, 2.24) is 0 Å². The number of rotatable bonds is 7. The lowest BCUT2D eigenvalue weighted by molar-refractivity contribution is -0.314. The van der Waals surface area contributed by atoms with Gasteiger partial charge < -0.3 is 18.9 Å². The van der Waals surface area contributed by atoms with Crippen molar-refractivity contribution in [3.8, 4) is 0 Å². The van der Waals surface area contributed by atoms with Gasteiger partial charge in [-0.1, -0.05) is 60.7 Å². The second-order valence-corrected chi connectivity index (χ2v) is 8.30. The van der Waals surface area contributed by atoms with Crippen molar-refractivity contribution in [2.24, 2.45) is 0 Å². The van der Waals surface area contributed by atoms with Crippen molar-refractivity contribution < 1.29 is 35.7 Å². The predicted molar refractivity (Wildman–Crippen MR) is 105 cm³/mol. The molecule has 2 saturated heterocycles. The Bertz CT molecular complexity index is 905. The molecule has 2 aliphatic heterocycles. The van der Waals surface area contributed by atoms with Gasteiger partial charge >= 0.3 is 10.4 Å². The first kappa shape index (κ1) is 21.4. The standard InChI is InChI=1S/C21H24O8S/c1-24-21-20(26-13-16-10-6-3-7-11-16)19(25-12-15-8-4-2-5-9-15)18-17(28-21)14-27-30(22,23)29-18/h2-11,17-21H,12-14H2,1H3/t17-,18-,19+,20-,21+/m1/s1. The molecule has 2 aromatic rings. The zero-order chi connectivity index (χ0) is 21.0. The maximum Gasteiger partial charge on any atom is 0.400 e. The van der Waals surface area contributed by atoms with E-state index in [1.807, 2.05) is 60.7 Å². The lowest BCUT2D eigenvalue weighted by Crippen LogP contribution is -2.63. The summed E-state index contributed by atoms with van der Waals surface area (Å²) in [6, 6.07) is 19.2. The summed E-state index contributed by atoms with van der Waals surface area (Å²) in [7, 11) is -2.64. The largest absolute Gasteiger partial charge is 0.400 e. The monoisotopic (exact) mass is 436 g/mol. The van der Waals surface area contributed by atoms with Crippen LogP contribution in [0.3, 0.4) is 0 Å².